The first-order chi connectivity index (χ1) is 14.0. The van der Waals surface area contributed by atoms with E-state index in [9.17, 15) is 0 Å². The zero-order valence-corrected chi connectivity index (χ0v) is 21.2. The number of aryl methyl sites for hydroxylation is 2. The third-order valence-corrected chi connectivity index (χ3v) is 9.43. The van der Waals surface area contributed by atoms with Crippen LogP contribution < -0.4 is 4.43 Å². The van der Waals surface area contributed by atoms with Crippen LogP contribution in [0.4, 0.5) is 0 Å². The van der Waals surface area contributed by atoms with E-state index in [1.54, 1.807) is 0 Å². The third kappa shape index (κ3) is 11.8. The molecule has 0 saturated heterocycles. The van der Waals surface area contributed by atoms with E-state index in [1.165, 1.54) is 88.2 Å². The summed E-state index contributed by atoms with van der Waals surface area (Å²) < 4.78 is 12.9. The maximum Gasteiger partial charge on any atom is 0.398 e. The van der Waals surface area contributed by atoms with Crippen LogP contribution in [-0.2, 0) is 4.43 Å². The zero-order valence-electron chi connectivity index (χ0n) is 20.2. The molecule has 0 atom stereocenters. The maximum absolute atomic E-state index is 6.49. The summed E-state index contributed by atoms with van der Waals surface area (Å²) in [6.45, 7) is 11.9. The number of hydrogen-bond donors (Lipinski definition) is 0. The van der Waals surface area contributed by atoms with Crippen LogP contribution in [0.1, 0.15) is 109 Å². The molecule has 0 aliphatic carbocycles. The van der Waals surface area contributed by atoms with E-state index in [4.69, 9.17) is 8.85 Å². The van der Waals surface area contributed by atoms with E-state index in [0.29, 0.717) is 0 Å². The van der Waals surface area contributed by atoms with Gasteiger partial charge >= 0.3 is 8.56 Å². The molecule has 2 nitrogen and oxygen atoms in total. The van der Waals surface area contributed by atoms with Gasteiger partial charge in [-0.25, -0.2) is 0 Å². The highest BCUT2D eigenvalue weighted by molar-refractivity contribution is 6.68. The van der Waals surface area contributed by atoms with Gasteiger partial charge < -0.3 is 8.85 Å². The van der Waals surface area contributed by atoms with Crippen molar-refractivity contribution in [3.63, 3.8) is 0 Å². The Morgan fingerprint density at radius 3 is 1.52 bits per heavy atom. The fourth-order valence-corrected chi connectivity index (χ4v) is 6.36. The number of hydrogen-bond acceptors (Lipinski definition) is 2. The highest BCUT2D eigenvalue weighted by Gasteiger charge is 2.35. The van der Waals surface area contributed by atoms with Crippen LogP contribution in [-0.4, -0.2) is 15.2 Å². The van der Waals surface area contributed by atoms with Gasteiger partial charge in [-0.15, -0.1) is 0 Å². The first kappa shape index (κ1) is 26.2. The van der Waals surface area contributed by atoms with Crippen molar-refractivity contribution in [2.45, 2.75) is 124 Å². The molecule has 0 amide bonds. The summed E-state index contributed by atoms with van der Waals surface area (Å²) in [5, 5.41) is 0. The smallest absolute Gasteiger partial charge is 0.398 e. The van der Waals surface area contributed by atoms with Crippen LogP contribution in [0.2, 0.25) is 12.1 Å². The number of benzene rings is 1. The van der Waals surface area contributed by atoms with E-state index < -0.39 is 8.56 Å². The van der Waals surface area contributed by atoms with Crippen molar-refractivity contribution < 1.29 is 8.85 Å². The van der Waals surface area contributed by atoms with E-state index in [2.05, 4.69) is 52.8 Å². The van der Waals surface area contributed by atoms with Gasteiger partial charge in [0.15, 0.2) is 0 Å². The second-order valence-electron chi connectivity index (χ2n) is 8.78. The molecule has 168 valence electrons. The van der Waals surface area contributed by atoms with Crippen LogP contribution in [0.3, 0.4) is 0 Å². The molecule has 29 heavy (non-hydrogen) atoms. The van der Waals surface area contributed by atoms with E-state index in [1.807, 2.05) is 0 Å². The predicted molar refractivity (Wildman–Crippen MR) is 130 cm³/mol. The first-order valence-corrected chi connectivity index (χ1v) is 14.7. The van der Waals surface area contributed by atoms with Gasteiger partial charge in [-0.3, -0.25) is 0 Å². The van der Waals surface area contributed by atoms with E-state index >= 15 is 0 Å². The first-order valence-electron chi connectivity index (χ1n) is 12.5. The lowest BCUT2D eigenvalue weighted by Gasteiger charge is -2.29. The van der Waals surface area contributed by atoms with Crippen molar-refractivity contribution >= 4 is 8.56 Å². The average molecular weight is 421 g/mol. The molecule has 0 unspecified atom stereocenters. The van der Waals surface area contributed by atoms with Crippen molar-refractivity contribution in [3.8, 4) is 5.75 Å². The van der Waals surface area contributed by atoms with Crippen LogP contribution in [0, 0.1) is 13.8 Å². The monoisotopic (exact) mass is 420 g/mol. The van der Waals surface area contributed by atoms with E-state index in [-0.39, 0.29) is 0 Å². The van der Waals surface area contributed by atoms with Gasteiger partial charge in [0.05, 0.1) is 0 Å². The maximum atomic E-state index is 6.49. The molecule has 0 spiro atoms. The Hall–Kier alpha value is -0.803. The topological polar surface area (TPSA) is 18.5 Å². The fourth-order valence-electron chi connectivity index (χ4n) is 4.04. The zero-order chi connectivity index (χ0) is 21.4. The van der Waals surface area contributed by atoms with Crippen molar-refractivity contribution in [1.82, 2.24) is 0 Å². The molecule has 0 saturated carbocycles. The SMILES string of the molecule is CCCCCCCCCCCCCCO[Si](CC)(CC)Oc1cc(C)cc(C)c1. The standard InChI is InChI=1S/C26H48O2Si/c1-6-9-10-11-12-13-14-15-16-17-18-19-20-27-29(7-2,8-3)28-26-22-24(4)21-25(5)23-26/h21-23H,6-20H2,1-5H3. The fraction of sp³-hybridized carbons (Fsp3) is 0.769. The molecule has 0 aliphatic rings. The van der Waals surface area contributed by atoms with Gasteiger partial charge in [0.25, 0.3) is 0 Å². The lowest BCUT2D eigenvalue weighted by atomic mass is 10.1. The lowest BCUT2D eigenvalue weighted by Crippen LogP contribution is -2.44. The Morgan fingerprint density at radius 2 is 1.07 bits per heavy atom. The van der Waals surface area contributed by atoms with Crippen molar-refractivity contribution in [2.24, 2.45) is 0 Å². The Bertz CT molecular complexity index is 505. The van der Waals surface area contributed by atoms with Gasteiger partial charge in [0.1, 0.15) is 5.75 Å². The molecule has 1 aromatic carbocycles. The molecule has 0 fully saturated rings. The van der Waals surface area contributed by atoms with Crippen LogP contribution >= 0.6 is 0 Å². The molecule has 0 heterocycles. The van der Waals surface area contributed by atoms with Gasteiger partial charge in [0.2, 0.25) is 0 Å². The third-order valence-electron chi connectivity index (χ3n) is 5.94. The molecule has 0 aromatic heterocycles. The van der Waals surface area contributed by atoms with Crippen molar-refractivity contribution in [3.05, 3.63) is 29.3 Å². The normalized spacial score (nSPS) is 11.8. The molecular weight excluding hydrogens is 372 g/mol. The van der Waals surface area contributed by atoms with Crippen LogP contribution in [0.5, 0.6) is 5.75 Å². The molecule has 0 radical (unpaired) electrons. The van der Waals surface area contributed by atoms with Gasteiger partial charge in [-0.05, 0) is 55.6 Å². The molecule has 1 rings (SSSR count). The minimum atomic E-state index is -2.13. The Morgan fingerprint density at radius 1 is 0.621 bits per heavy atom. The highest BCUT2D eigenvalue weighted by atomic mass is 28.4. The quantitative estimate of drug-likeness (QED) is 0.174. The van der Waals surface area contributed by atoms with E-state index in [0.717, 1.165) is 24.4 Å². The summed E-state index contributed by atoms with van der Waals surface area (Å²) in [5.41, 5.74) is 2.52. The van der Waals surface area contributed by atoms with Crippen LogP contribution in [0.25, 0.3) is 0 Å². The van der Waals surface area contributed by atoms with Crippen LogP contribution in [0.15, 0.2) is 18.2 Å². The molecule has 0 N–H and O–H groups in total. The summed E-state index contributed by atoms with van der Waals surface area (Å²) in [6.07, 6.45) is 16.5. The summed E-state index contributed by atoms with van der Waals surface area (Å²) in [4.78, 5) is 0. The molecule has 3 heteroatoms. The minimum Gasteiger partial charge on any atom is -0.520 e. The second kappa shape index (κ2) is 16.0. The van der Waals surface area contributed by atoms with Gasteiger partial charge in [-0.1, -0.05) is 97.5 Å². The minimum absolute atomic E-state index is 0.857. The molecule has 0 bridgehead atoms. The predicted octanol–water partition coefficient (Wildman–Crippen LogP) is 8.88. The Kier molecular flexibility index (Phi) is 14.4. The summed E-state index contributed by atoms with van der Waals surface area (Å²) in [5.74, 6) is 0.993. The van der Waals surface area contributed by atoms with Crippen molar-refractivity contribution in [2.75, 3.05) is 6.61 Å². The number of rotatable bonds is 18. The molecule has 0 aliphatic heterocycles. The van der Waals surface area contributed by atoms with Gasteiger partial charge in [-0.2, -0.15) is 0 Å². The summed E-state index contributed by atoms with van der Waals surface area (Å²) >= 11 is 0. The molecule has 1 aromatic rings. The molecular formula is C26H48O2Si. The average Bonchev–Trinajstić information content (AvgIpc) is 2.70. The largest absolute Gasteiger partial charge is 0.520 e. The second-order valence-corrected chi connectivity index (χ2v) is 12.5. The van der Waals surface area contributed by atoms with Gasteiger partial charge in [0, 0.05) is 6.61 Å². The summed E-state index contributed by atoms with van der Waals surface area (Å²) in [7, 11) is -2.13. The Labute approximate surface area is 183 Å². The summed E-state index contributed by atoms with van der Waals surface area (Å²) in [6, 6.07) is 8.51. The Balaban J connectivity index is 2.17. The lowest BCUT2D eigenvalue weighted by molar-refractivity contribution is 0.230. The highest BCUT2D eigenvalue weighted by Crippen LogP contribution is 2.25. The number of unbranched alkanes of at least 4 members (excludes halogenated alkanes) is 11. The van der Waals surface area contributed by atoms with Crippen molar-refractivity contribution in [1.29, 1.82) is 0 Å².